The van der Waals surface area contributed by atoms with Crippen molar-refractivity contribution in [1.29, 1.82) is 0 Å². The van der Waals surface area contributed by atoms with E-state index in [2.05, 4.69) is 0 Å². The van der Waals surface area contributed by atoms with Gasteiger partial charge in [0.05, 0.1) is 14.2 Å². The molecule has 138 valence electrons. The second kappa shape index (κ2) is 7.68. The summed E-state index contributed by atoms with van der Waals surface area (Å²) in [6, 6.07) is 9.84. The van der Waals surface area contributed by atoms with Crippen LogP contribution in [0.4, 0.5) is 0 Å². The first-order valence-corrected chi connectivity index (χ1v) is 8.74. The highest BCUT2D eigenvalue weighted by Gasteiger charge is 2.23. The van der Waals surface area contributed by atoms with Crippen LogP contribution in [0.2, 0.25) is 0 Å². The zero-order valence-corrected chi connectivity index (χ0v) is 15.8. The monoisotopic (exact) mass is 355 g/mol. The van der Waals surface area contributed by atoms with Gasteiger partial charge in [0.2, 0.25) is 0 Å². The molecule has 0 N–H and O–H groups in total. The van der Waals surface area contributed by atoms with Crippen LogP contribution in [0.1, 0.15) is 22.3 Å². The van der Waals surface area contributed by atoms with Crippen molar-refractivity contribution in [3.8, 4) is 17.2 Å². The molecule has 1 amide bonds. The van der Waals surface area contributed by atoms with Gasteiger partial charge in [0, 0.05) is 13.1 Å². The Morgan fingerprint density at radius 1 is 1.04 bits per heavy atom. The largest absolute Gasteiger partial charge is 0.493 e. The summed E-state index contributed by atoms with van der Waals surface area (Å²) < 4.78 is 16.5. The summed E-state index contributed by atoms with van der Waals surface area (Å²) in [6.07, 6.45) is 0.797. The van der Waals surface area contributed by atoms with Crippen LogP contribution in [0.5, 0.6) is 17.2 Å². The third-order valence-electron chi connectivity index (χ3n) is 4.98. The molecule has 2 aromatic carbocycles. The van der Waals surface area contributed by atoms with Gasteiger partial charge in [-0.1, -0.05) is 12.1 Å². The van der Waals surface area contributed by atoms with Crippen molar-refractivity contribution in [2.45, 2.75) is 26.8 Å². The molecule has 0 atom stereocenters. The Kier molecular flexibility index (Phi) is 5.35. The summed E-state index contributed by atoms with van der Waals surface area (Å²) in [7, 11) is 3.25. The number of rotatable bonds is 5. The number of benzene rings is 2. The van der Waals surface area contributed by atoms with Crippen molar-refractivity contribution >= 4 is 5.91 Å². The van der Waals surface area contributed by atoms with E-state index in [1.807, 2.05) is 49.1 Å². The molecule has 2 aromatic rings. The van der Waals surface area contributed by atoms with Gasteiger partial charge < -0.3 is 19.1 Å². The summed E-state index contributed by atoms with van der Waals surface area (Å²) in [4.78, 5) is 14.4. The Labute approximate surface area is 154 Å². The summed E-state index contributed by atoms with van der Waals surface area (Å²) in [6.45, 7) is 5.33. The van der Waals surface area contributed by atoms with Gasteiger partial charge in [-0.25, -0.2) is 0 Å². The number of carbonyl (C=O) groups excluding carboxylic acids is 1. The minimum atomic E-state index is -0.00802. The maximum absolute atomic E-state index is 12.6. The summed E-state index contributed by atoms with van der Waals surface area (Å²) >= 11 is 0. The molecule has 0 aliphatic carbocycles. The number of amides is 1. The third-order valence-corrected chi connectivity index (χ3v) is 4.98. The first-order valence-electron chi connectivity index (χ1n) is 8.74. The van der Waals surface area contributed by atoms with Gasteiger partial charge in [0.15, 0.2) is 18.1 Å². The van der Waals surface area contributed by atoms with Gasteiger partial charge in [0.25, 0.3) is 5.91 Å². The van der Waals surface area contributed by atoms with Gasteiger partial charge in [0.1, 0.15) is 5.75 Å². The van der Waals surface area contributed by atoms with Crippen LogP contribution in [0, 0.1) is 13.8 Å². The lowest BCUT2D eigenvalue weighted by atomic mass is 9.99. The van der Waals surface area contributed by atoms with Crippen molar-refractivity contribution in [2.24, 2.45) is 0 Å². The fourth-order valence-corrected chi connectivity index (χ4v) is 3.21. The molecule has 0 bridgehead atoms. The average molecular weight is 355 g/mol. The van der Waals surface area contributed by atoms with Crippen LogP contribution in [-0.2, 0) is 17.8 Å². The Bertz CT molecular complexity index is 816. The maximum Gasteiger partial charge on any atom is 0.260 e. The number of hydrogen-bond acceptors (Lipinski definition) is 4. The quantitative estimate of drug-likeness (QED) is 0.826. The van der Waals surface area contributed by atoms with Crippen LogP contribution in [0.15, 0.2) is 30.3 Å². The molecule has 1 aliphatic rings. The molecule has 1 aliphatic heterocycles. The number of fused-ring (bicyclic) bond motifs is 1. The zero-order valence-electron chi connectivity index (χ0n) is 15.8. The SMILES string of the molecule is COc1cc2c(cc1OC)CN(C(=O)COc1cccc(C)c1C)CC2. The minimum absolute atomic E-state index is 0.00802. The molecule has 26 heavy (non-hydrogen) atoms. The van der Waals surface area contributed by atoms with Gasteiger partial charge in [-0.2, -0.15) is 0 Å². The lowest BCUT2D eigenvalue weighted by Gasteiger charge is -2.29. The molecular formula is C21H25NO4. The smallest absolute Gasteiger partial charge is 0.260 e. The number of nitrogens with zero attached hydrogens (tertiary/aromatic N) is 1. The highest BCUT2D eigenvalue weighted by Crippen LogP contribution is 2.33. The number of carbonyl (C=O) groups is 1. The van der Waals surface area contributed by atoms with E-state index in [1.165, 1.54) is 5.56 Å². The topological polar surface area (TPSA) is 48.0 Å². The average Bonchev–Trinajstić information content (AvgIpc) is 2.67. The number of methoxy groups -OCH3 is 2. The van der Waals surface area contributed by atoms with E-state index in [9.17, 15) is 4.79 Å². The standard InChI is InChI=1S/C21H25NO4/c1-14-6-5-7-18(15(14)2)26-13-21(23)22-9-8-16-10-19(24-3)20(25-4)11-17(16)12-22/h5-7,10-11H,8-9,12-13H2,1-4H3. The molecule has 0 saturated heterocycles. The van der Waals surface area contributed by atoms with Gasteiger partial charge in [-0.05, 0) is 60.7 Å². The number of aryl methyl sites for hydroxylation is 1. The highest BCUT2D eigenvalue weighted by molar-refractivity contribution is 5.78. The molecule has 1 heterocycles. The normalized spacial score (nSPS) is 13.2. The minimum Gasteiger partial charge on any atom is -0.493 e. The lowest BCUT2D eigenvalue weighted by molar-refractivity contribution is -0.134. The molecule has 0 fully saturated rings. The van der Waals surface area contributed by atoms with Crippen LogP contribution in [0.25, 0.3) is 0 Å². The van der Waals surface area contributed by atoms with E-state index in [0.29, 0.717) is 18.8 Å². The van der Waals surface area contributed by atoms with Crippen molar-refractivity contribution in [2.75, 3.05) is 27.4 Å². The first kappa shape index (κ1) is 18.1. The van der Waals surface area contributed by atoms with Crippen LogP contribution in [0.3, 0.4) is 0 Å². The van der Waals surface area contributed by atoms with Crippen molar-refractivity contribution in [3.05, 3.63) is 52.6 Å². The molecule has 0 unspecified atom stereocenters. The molecule has 3 rings (SSSR count). The fraction of sp³-hybridized carbons (Fsp3) is 0.381. The molecule has 0 spiro atoms. The Morgan fingerprint density at radius 2 is 1.73 bits per heavy atom. The molecule has 0 aromatic heterocycles. The molecule has 0 saturated carbocycles. The second-order valence-corrected chi connectivity index (χ2v) is 6.53. The summed E-state index contributed by atoms with van der Waals surface area (Å²) in [5.41, 5.74) is 4.51. The van der Waals surface area contributed by atoms with E-state index in [0.717, 1.165) is 34.6 Å². The zero-order chi connectivity index (χ0) is 18.7. The van der Waals surface area contributed by atoms with E-state index in [4.69, 9.17) is 14.2 Å². The van der Waals surface area contributed by atoms with Crippen molar-refractivity contribution < 1.29 is 19.0 Å². The molecule has 5 nitrogen and oxygen atoms in total. The Morgan fingerprint density at radius 3 is 2.42 bits per heavy atom. The van der Waals surface area contributed by atoms with Crippen LogP contribution >= 0.6 is 0 Å². The predicted octanol–water partition coefficient (Wildman–Crippen LogP) is 3.28. The third kappa shape index (κ3) is 3.62. The maximum atomic E-state index is 12.6. The van der Waals surface area contributed by atoms with Gasteiger partial charge in [-0.3, -0.25) is 4.79 Å². The summed E-state index contributed by atoms with van der Waals surface area (Å²) in [5, 5.41) is 0. The van der Waals surface area contributed by atoms with E-state index in [1.54, 1.807) is 14.2 Å². The van der Waals surface area contributed by atoms with Gasteiger partial charge >= 0.3 is 0 Å². The van der Waals surface area contributed by atoms with E-state index < -0.39 is 0 Å². The number of hydrogen-bond donors (Lipinski definition) is 0. The first-order chi connectivity index (χ1) is 12.5. The van der Waals surface area contributed by atoms with Crippen LogP contribution in [-0.4, -0.2) is 38.2 Å². The van der Waals surface area contributed by atoms with Crippen molar-refractivity contribution in [3.63, 3.8) is 0 Å². The lowest BCUT2D eigenvalue weighted by Crippen LogP contribution is -2.38. The highest BCUT2D eigenvalue weighted by atomic mass is 16.5. The van der Waals surface area contributed by atoms with Crippen LogP contribution < -0.4 is 14.2 Å². The van der Waals surface area contributed by atoms with Crippen molar-refractivity contribution in [1.82, 2.24) is 4.90 Å². The number of ether oxygens (including phenoxy) is 3. The fourth-order valence-electron chi connectivity index (χ4n) is 3.21. The molecular weight excluding hydrogens is 330 g/mol. The second-order valence-electron chi connectivity index (χ2n) is 6.53. The predicted molar refractivity (Wildman–Crippen MR) is 100 cm³/mol. The Balaban J connectivity index is 1.68. The molecule has 5 heteroatoms. The van der Waals surface area contributed by atoms with E-state index in [-0.39, 0.29) is 12.5 Å². The van der Waals surface area contributed by atoms with E-state index >= 15 is 0 Å². The summed E-state index contributed by atoms with van der Waals surface area (Å²) in [5.74, 6) is 2.17. The molecule has 0 radical (unpaired) electrons. The Hall–Kier alpha value is -2.69. The van der Waals surface area contributed by atoms with Gasteiger partial charge in [-0.15, -0.1) is 0 Å².